The van der Waals surface area contributed by atoms with Crippen LogP contribution in [0.5, 0.6) is 0 Å². The van der Waals surface area contributed by atoms with Crippen LogP contribution in [0.2, 0.25) is 0 Å². The average molecular weight is 265 g/mol. The van der Waals surface area contributed by atoms with E-state index in [4.69, 9.17) is 5.73 Å². The van der Waals surface area contributed by atoms with E-state index in [9.17, 15) is 10.1 Å². The number of aromatic nitrogens is 1. The Morgan fingerprint density at radius 2 is 2.36 bits per heavy atom. The van der Waals surface area contributed by atoms with E-state index in [-0.39, 0.29) is 11.5 Å². The van der Waals surface area contributed by atoms with Gasteiger partial charge in [-0.15, -0.1) is 0 Å². The highest BCUT2D eigenvalue weighted by Gasteiger charge is 2.11. The number of nitrogens with zero attached hydrogens (tertiary/aromatic N) is 2. The first-order valence-electron chi connectivity index (χ1n) is 2.66. The van der Waals surface area contributed by atoms with E-state index in [1.165, 1.54) is 12.3 Å². The molecule has 0 radical (unpaired) electrons. The van der Waals surface area contributed by atoms with Gasteiger partial charge in [-0.3, -0.25) is 0 Å². The zero-order valence-corrected chi connectivity index (χ0v) is 7.48. The predicted octanol–water partition coefficient (Wildman–Crippen LogP) is 1.18. The molecule has 1 heterocycles. The van der Waals surface area contributed by atoms with E-state index in [1.54, 1.807) is 0 Å². The SMILES string of the molecule is Nc1cc(I)cnc1[N+](=O)[O-]. The van der Waals surface area contributed by atoms with Gasteiger partial charge < -0.3 is 15.8 Å². The van der Waals surface area contributed by atoms with Crippen LogP contribution in [-0.2, 0) is 0 Å². The van der Waals surface area contributed by atoms with E-state index < -0.39 is 4.92 Å². The molecular formula is C5H4IN3O2. The first-order valence-corrected chi connectivity index (χ1v) is 3.74. The lowest BCUT2D eigenvalue weighted by Crippen LogP contribution is -1.98. The standard InChI is InChI=1S/C5H4IN3O2/c6-3-1-4(7)5(8-2-3)9(10)11/h1-2H,7H2. The van der Waals surface area contributed by atoms with Crippen molar-refractivity contribution in [3.05, 3.63) is 25.9 Å². The molecule has 0 aliphatic carbocycles. The summed E-state index contributed by atoms with van der Waals surface area (Å²) < 4.78 is 0.783. The lowest BCUT2D eigenvalue weighted by molar-refractivity contribution is -0.388. The normalized spacial score (nSPS) is 9.55. The second-order valence-electron chi connectivity index (χ2n) is 1.82. The van der Waals surface area contributed by atoms with Crippen LogP contribution in [0.4, 0.5) is 11.5 Å². The maximum Gasteiger partial charge on any atom is 0.386 e. The van der Waals surface area contributed by atoms with E-state index in [0.717, 1.165) is 3.57 Å². The maximum atomic E-state index is 10.2. The molecule has 11 heavy (non-hydrogen) atoms. The molecule has 0 unspecified atom stereocenters. The Morgan fingerprint density at radius 3 is 2.82 bits per heavy atom. The lowest BCUT2D eigenvalue weighted by atomic mass is 10.4. The quantitative estimate of drug-likeness (QED) is 0.469. The van der Waals surface area contributed by atoms with Crippen molar-refractivity contribution >= 4 is 34.1 Å². The van der Waals surface area contributed by atoms with Gasteiger partial charge in [0.2, 0.25) is 0 Å². The van der Waals surface area contributed by atoms with Crippen LogP contribution in [0, 0.1) is 13.7 Å². The Bertz CT molecular complexity index is 302. The van der Waals surface area contributed by atoms with Gasteiger partial charge in [0.1, 0.15) is 5.69 Å². The van der Waals surface area contributed by atoms with Crippen molar-refractivity contribution in [2.45, 2.75) is 0 Å². The van der Waals surface area contributed by atoms with Crippen molar-refractivity contribution in [2.75, 3.05) is 5.73 Å². The summed E-state index contributed by atoms with van der Waals surface area (Å²) in [5, 5.41) is 10.2. The van der Waals surface area contributed by atoms with Crippen molar-refractivity contribution in [2.24, 2.45) is 0 Å². The summed E-state index contributed by atoms with van der Waals surface area (Å²) in [6, 6.07) is 1.51. The molecule has 58 valence electrons. The zero-order valence-electron chi connectivity index (χ0n) is 5.32. The molecule has 1 aromatic rings. The Labute approximate surface area is 75.9 Å². The first kappa shape index (κ1) is 8.18. The van der Waals surface area contributed by atoms with Crippen LogP contribution in [0.3, 0.4) is 0 Å². The molecule has 0 fully saturated rings. The third kappa shape index (κ3) is 1.76. The highest BCUT2D eigenvalue weighted by molar-refractivity contribution is 14.1. The summed E-state index contributed by atoms with van der Waals surface area (Å²) in [5.41, 5.74) is 5.41. The minimum atomic E-state index is -0.606. The van der Waals surface area contributed by atoms with Crippen molar-refractivity contribution < 1.29 is 4.92 Å². The number of halogens is 1. The van der Waals surface area contributed by atoms with Gasteiger partial charge in [0.15, 0.2) is 6.20 Å². The Kier molecular flexibility index (Phi) is 2.22. The molecule has 5 nitrogen and oxygen atoms in total. The number of pyridine rings is 1. The van der Waals surface area contributed by atoms with Crippen LogP contribution in [0.1, 0.15) is 0 Å². The summed E-state index contributed by atoms with van der Waals surface area (Å²) in [5.74, 6) is -0.287. The van der Waals surface area contributed by atoms with Gasteiger partial charge in [0, 0.05) is 0 Å². The smallest absolute Gasteiger partial charge is 0.386 e. The highest BCUT2D eigenvalue weighted by atomic mass is 127. The molecule has 0 atom stereocenters. The maximum absolute atomic E-state index is 10.2. The van der Waals surface area contributed by atoms with Crippen molar-refractivity contribution in [3.63, 3.8) is 0 Å². The Balaban J connectivity index is 3.20. The lowest BCUT2D eigenvalue weighted by Gasteiger charge is -1.94. The Hall–Kier alpha value is -0.920. The van der Waals surface area contributed by atoms with Crippen molar-refractivity contribution in [3.8, 4) is 0 Å². The van der Waals surface area contributed by atoms with Crippen LogP contribution >= 0.6 is 22.6 Å². The largest absolute Gasteiger partial charge is 0.392 e. The number of nitrogen functional groups attached to an aromatic ring is 1. The number of nitro groups is 1. The number of nitrogens with two attached hydrogens (primary N) is 1. The first-order chi connectivity index (χ1) is 5.11. The van der Waals surface area contributed by atoms with Crippen LogP contribution in [0.25, 0.3) is 0 Å². The van der Waals surface area contributed by atoms with Gasteiger partial charge in [0.25, 0.3) is 0 Å². The molecule has 0 aliphatic heterocycles. The number of anilines is 1. The summed E-state index contributed by atoms with van der Waals surface area (Å²) in [7, 11) is 0. The molecular weight excluding hydrogens is 261 g/mol. The van der Waals surface area contributed by atoms with Crippen LogP contribution < -0.4 is 5.73 Å². The third-order valence-electron chi connectivity index (χ3n) is 1.03. The molecule has 0 amide bonds. The third-order valence-corrected chi connectivity index (χ3v) is 1.62. The molecule has 0 saturated carbocycles. The molecule has 6 heteroatoms. The van der Waals surface area contributed by atoms with Crippen LogP contribution in [0.15, 0.2) is 12.3 Å². The summed E-state index contributed by atoms with van der Waals surface area (Å²) in [4.78, 5) is 13.1. The second kappa shape index (κ2) is 2.99. The number of hydrogen-bond donors (Lipinski definition) is 1. The molecule has 0 saturated heterocycles. The van der Waals surface area contributed by atoms with Crippen LogP contribution in [-0.4, -0.2) is 9.91 Å². The van der Waals surface area contributed by atoms with Gasteiger partial charge in [0.05, 0.1) is 3.57 Å². The van der Waals surface area contributed by atoms with E-state index in [0.29, 0.717) is 0 Å². The molecule has 1 aromatic heterocycles. The predicted molar refractivity (Wildman–Crippen MR) is 48.0 cm³/mol. The number of rotatable bonds is 1. The minimum absolute atomic E-state index is 0.0990. The molecule has 1 rings (SSSR count). The van der Waals surface area contributed by atoms with Gasteiger partial charge in [-0.25, -0.2) is 0 Å². The summed E-state index contributed by atoms with van der Waals surface area (Å²) in [6.45, 7) is 0. The van der Waals surface area contributed by atoms with E-state index in [2.05, 4.69) is 4.98 Å². The highest BCUT2D eigenvalue weighted by Crippen LogP contribution is 2.18. The summed E-state index contributed by atoms with van der Waals surface area (Å²) in [6.07, 6.45) is 1.40. The fourth-order valence-corrected chi connectivity index (χ4v) is 1.08. The minimum Gasteiger partial charge on any atom is -0.392 e. The molecule has 0 spiro atoms. The van der Waals surface area contributed by atoms with Gasteiger partial charge in [-0.1, -0.05) is 0 Å². The molecule has 2 N–H and O–H groups in total. The fourth-order valence-electron chi connectivity index (χ4n) is 0.600. The van der Waals surface area contributed by atoms with Gasteiger partial charge in [-0.2, -0.15) is 0 Å². The zero-order chi connectivity index (χ0) is 8.43. The van der Waals surface area contributed by atoms with E-state index >= 15 is 0 Å². The Morgan fingerprint density at radius 1 is 1.73 bits per heavy atom. The molecule has 0 aliphatic rings. The molecule has 0 bridgehead atoms. The monoisotopic (exact) mass is 265 g/mol. The average Bonchev–Trinajstić information content (AvgIpc) is 1.85. The second-order valence-corrected chi connectivity index (χ2v) is 3.07. The number of hydrogen-bond acceptors (Lipinski definition) is 4. The van der Waals surface area contributed by atoms with Crippen molar-refractivity contribution in [1.29, 1.82) is 0 Å². The van der Waals surface area contributed by atoms with Gasteiger partial charge in [-0.05, 0) is 38.6 Å². The van der Waals surface area contributed by atoms with Crippen molar-refractivity contribution in [1.82, 2.24) is 4.98 Å². The van der Waals surface area contributed by atoms with Gasteiger partial charge >= 0.3 is 5.82 Å². The van der Waals surface area contributed by atoms with E-state index in [1.807, 2.05) is 22.6 Å². The molecule has 0 aromatic carbocycles. The summed E-state index contributed by atoms with van der Waals surface area (Å²) >= 11 is 1.98. The topological polar surface area (TPSA) is 82.0 Å². The fraction of sp³-hybridized carbons (Fsp3) is 0.